The minimum Gasteiger partial charge on any atom is -0.452 e. The van der Waals surface area contributed by atoms with Crippen molar-refractivity contribution in [3.05, 3.63) is 65.6 Å². The number of carbonyl (C=O) groups is 3. The lowest BCUT2D eigenvalue weighted by molar-refractivity contribution is -0.148. The van der Waals surface area contributed by atoms with E-state index in [2.05, 4.69) is 10.3 Å². The SMILES string of the molecule is Cc1cccc(C)c1NC(=O)CN(C)C(=O)COC(=O)/C=C/c1nc2ccccc2o1. The van der Waals surface area contributed by atoms with Gasteiger partial charge in [0.05, 0.1) is 6.54 Å². The van der Waals surface area contributed by atoms with E-state index in [0.717, 1.165) is 22.9 Å². The number of oxazole rings is 1. The number of anilines is 1. The number of ether oxygens (including phenoxy) is 1. The molecule has 0 bridgehead atoms. The molecule has 160 valence electrons. The molecule has 8 heteroatoms. The second-order valence-corrected chi connectivity index (χ2v) is 7.03. The molecule has 8 nitrogen and oxygen atoms in total. The molecule has 0 aliphatic heterocycles. The highest BCUT2D eigenvalue weighted by Gasteiger charge is 2.16. The highest BCUT2D eigenvalue weighted by Crippen LogP contribution is 2.19. The van der Waals surface area contributed by atoms with Crippen LogP contribution >= 0.6 is 0 Å². The van der Waals surface area contributed by atoms with Crippen LogP contribution in [0.5, 0.6) is 0 Å². The molecule has 1 N–H and O–H groups in total. The largest absolute Gasteiger partial charge is 0.452 e. The van der Waals surface area contributed by atoms with Gasteiger partial charge in [-0.1, -0.05) is 30.3 Å². The Balaban J connectivity index is 1.46. The second kappa shape index (κ2) is 9.71. The van der Waals surface area contributed by atoms with Crippen LogP contribution in [0.25, 0.3) is 17.2 Å². The third-order valence-corrected chi connectivity index (χ3v) is 4.56. The van der Waals surface area contributed by atoms with Crippen molar-refractivity contribution < 1.29 is 23.5 Å². The summed E-state index contributed by atoms with van der Waals surface area (Å²) in [6.45, 7) is 3.14. The second-order valence-electron chi connectivity index (χ2n) is 7.03. The minimum atomic E-state index is -0.719. The summed E-state index contributed by atoms with van der Waals surface area (Å²) in [7, 11) is 1.47. The maximum atomic E-state index is 12.3. The third-order valence-electron chi connectivity index (χ3n) is 4.56. The summed E-state index contributed by atoms with van der Waals surface area (Å²) in [6, 6.07) is 12.9. The first-order valence-corrected chi connectivity index (χ1v) is 9.64. The van der Waals surface area contributed by atoms with Crippen LogP contribution in [-0.4, -0.2) is 47.9 Å². The summed E-state index contributed by atoms with van der Waals surface area (Å²) in [5, 5.41) is 2.81. The normalized spacial score (nSPS) is 10.9. The van der Waals surface area contributed by atoms with Crippen LogP contribution in [0, 0.1) is 13.8 Å². The fourth-order valence-electron chi connectivity index (χ4n) is 2.89. The summed E-state index contributed by atoms with van der Waals surface area (Å²) >= 11 is 0. The van der Waals surface area contributed by atoms with Crippen LogP contribution in [0.4, 0.5) is 5.69 Å². The lowest BCUT2D eigenvalue weighted by atomic mass is 10.1. The molecule has 0 radical (unpaired) electrons. The summed E-state index contributed by atoms with van der Waals surface area (Å²) < 4.78 is 10.4. The minimum absolute atomic E-state index is 0.164. The summed E-state index contributed by atoms with van der Waals surface area (Å²) in [5.74, 6) is -1.30. The van der Waals surface area contributed by atoms with Gasteiger partial charge in [-0.25, -0.2) is 9.78 Å². The molecule has 0 saturated carbocycles. The van der Waals surface area contributed by atoms with Crippen LogP contribution in [0.2, 0.25) is 0 Å². The fraction of sp³-hybridized carbons (Fsp3) is 0.217. The number of aryl methyl sites for hydroxylation is 2. The van der Waals surface area contributed by atoms with E-state index in [9.17, 15) is 14.4 Å². The van der Waals surface area contributed by atoms with Crippen molar-refractivity contribution in [2.45, 2.75) is 13.8 Å². The number of carbonyl (C=O) groups excluding carboxylic acids is 3. The summed E-state index contributed by atoms with van der Waals surface area (Å²) in [6.07, 6.45) is 2.50. The van der Waals surface area contributed by atoms with Gasteiger partial charge in [-0.05, 0) is 37.1 Å². The molecule has 0 fully saturated rings. The highest BCUT2D eigenvalue weighted by molar-refractivity contribution is 5.96. The number of nitrogens with one attached hydrogen (secondary N) is 1. The van der Waals surface area contributed by atoms with Crippen molar-refractivity contribution >= 4 is 40.6 Å². The molecule has 2 aromatic carbocycles. The number of rotatable bonds is 7. The number of para-hydroxylation sites is 3. The van der Waals surface area contributed by atoms with E-state index in [1.165, 1.54) is 18.0 Å². The molecule has 3 rings (SSSR count). The van der Waals surface area contributed by atoms with Crippen LogP contribution in [0.15, 0.2) is 53.0 Å². The Hall–Kier alpha value is -3.94. The van der Waals surface area contributed by atoms with E-state index in [0.29, 0.717) is 11.1 Å². The van der Waals surface area contributed by atoms with Crippen molar-refractivity contribution in [1.82, 2.24) is 9.88 Å². The standard InChI is InChI=1S/C23H23N3O5/c1-15-7-6-8-16(2)23(15)25-19(27)13-26(3)21(28)14-30-22(29)12-11-20-24-17-9-4-5-10-18(17)31-20/h4-12H,13-14H2,1-3H3,(H,25,27)/b12-11+. The maximum Gasteiger partial charge on any atom is 0.331 e. The third kappa shape index (κ3) is 5.79. The zero-order valence-electron chi connectivity index (χ0n) is 17.5. The monoisotopic (exact) mass is 421 g/mol. The molecule has 2 amide bonds. The molecule has 0 unspecified atom stereocenters. The lowest BCUT2D eigenvalue weighted by Gasteiger charge is -2.18. The average Bonchev–Trinajstić information content (AvgIpc) is 3.16. The van der Waals surface area contributed by atoms with Gasteiger partial charge in [0.25, 0.3) is 5.91 Å². The van der Waals surface area contributed by atoms with Gasteiger partial charge in [0.15, 0.2) is 12.2 Å². The van der Waals surface area contributed by atoms with Gasteiger partial charge in [0.2, 0.25) is 11.8 Å². The number of fused-ring (bicyclic) bond motifs is 1. The molecule has 1 aromatic heterocycles. The molecule has 0 atom stereocenters. The van der Waals surface area contributed by atoms with Crippen LogP contribution in [0.3, 0.4) is 0 Å². The van der Waals surface area contributed by atoms with Crippen LogP contribution in [0.1, 0.15) is 17.0 Å². The van der Waals surface area contributed by atoms with Gasteiger partial charge in [-0.2, -0.15) is 0 Å². The Morgan fingerprint density at radius 3 is 2.52 bits per heavy atom. The van der Waals surface area contributed by atoms with Crippen molar-refractivity contribution in [2.75, 3.05) is 25.5 Å². The summed E-state index contributed by atoms with van der Waals surface area (Å²) in [5.41, 5.74) is 3.87. The Labute approximate surface area is 179 Å². The van der Waals surface area contributed by atoms with Crippen molar-refractivity contribution in [2.24, 2.45) is 0 Å². The molecule has 31 heavy (non-hydrogen) atoms. The van der Waals surface area contributed by atoms with E-state index in [1.54, 1.807) is 12.1 Å². The molecule has 3 aromatic rings. The van der Waals surface area contributed by atoms with Crippen molar-refractivity contribution in [3.63, 3.8) is 0 Å². The number of nitrogens with zero attached hydrogens (tertiary/aromatic N) is 2. The van der Waals surface area contributed by atoms with Gasteiger partial charge < -0.3 is 19.4 Å². The van der Waals surface area contributed by atoms with Crippen molar-refractivity contribution in [1.29, 1.82) is 0 Å². The quantitative estimate of drug-likeness (QED) is 0.465. The first kappa shape index (κ1) is 21.8. The first-order chi connectivity index (χ1) is 14.8. The Bertz CT molecular complexity index is 1100. The van der Waals surface area contributed by atoms with E-state index in [4.69, 9.17) is 9.15 Å². The zero-order chi connectivity index (χ0) is 22.4. The predicted octanol–water partition coefficient (Wildman–Crippen LogP) is 3.10. The smallest absolute Gasteiger partial charge is 0.331 e. The van der Waals surface area contributed by atoms with Gasteiger partial charge >= 0.3 is 5.97 Å². The number of aromatic nitrogens is 1. The lowest BCUT2D eigenvalue weighted by Crippen LogP contribution is -2.37. The van der Waals surface area contributed by atoms with Crippen LogP contribution < -0.4 is 5.32 Å². The highest BCUT2D eigenvalue weighted by atomic mass is 16.5. The molecule has 0 spiro atoms. The Kier molecular flexibility index (Phi) is 6.81. The number of esters is 1. The van der Waals surface area contributed by atoms with E-state index < -0.39 is 18.5 Å². The van der Waals surface area contributed by atoms with E-state index in [1.807, 2.05) is 44.2 Å². The van der Waals surface area contributed by atoms with Gasteiger partial charge in [0.1, 0.15) is 5.52 Å². The predicted molar refractivity (Wildman–Crippen MR) is 116 cm³/mol. The maximum absolute atomic E-state index is 12.3. The molecule has 0 aliphatic rings. The zero-order valence-corrected chi connectivity index (χ0v) is 17.5. The number of likely N-dealkylation sites (N-methyl/N-ethyl adjacent to an activating group) is 1. The fourth-order valence-corrected chi connectivity index (χ4v) is 2.89. The molecular weight excluding hydrogens is 398 g/mol. The molecule has 0 aliphatic carbocycles. The topological polar surface area (TPSA) is 102 Å². The van der Waals surface area contributed by atoms with E-state index >= 15 is 0 Å². The number of hydrogen-bond acceptors (Lipinski definition) is 6. The van der Waals surface area contributed by atoms with E-state index in [-0.39, 0.29) is 18.3 Å². The Morgan fingerprint density at radius 2 is 1.81 bits per heavy atom. The number of benzene rings is 2. The molecular formula is C23H23N3O5. The summed E-state index contributed by atoms with van der Waals surface area (Å²) in [4.78, 5) is 41.7. The molecule has 0 saturated heterocycles. The van der Waals surface area contributed by atoms with Gasteiger partial charge in [-0.3, -0.25) is 9.59 Å². The Morgan fingerprint density at radius 1 is 1.10 bits per heavy atom. The number of amides is 2. The van der Waals surface area contributed by atoms with Gasteiger partial charge in [0, 0.05) is 24.9 Å². The average molecular weight is 421 g/mol. The molecule has 1 heterocycles. The van der Waals surface area contributed by atoms with Crippen LogP contribution in [-0.2, 0) is 19.1 Å². The number of hydrogen-bond donors (Lipinski definition) is 1. The van der Waals surface area contributed by atoms with Gasteiger partial charge in [-0.15, -0.1) is 0 Å². The first-order valence-electron chi connectivity index (χ1n) is 9.64. The van der Waals surface area contributed by atoms with Crippen molar-refractivity contribution in [3.8, 4) is 0 Å².